The second kappa shape index (κ2) is 5.95. The lowest BCUT2D eigenvalue weighted by Crippen LogP contribution is -2.35. The molecule has 6 heteroatoms. The van der Waals surface area contributed by atoms with E-state index in [9.17, 15) is 12.8 Å². The Labute approximate surface area is 141 Å². The first-order valence-corrected chi connectivity index (χ1v) is 9.19. The van der Waals surface area contributed by atoms with E-state index in [1.54, 1.807) is 36.4 Å². The third-order valence-corrected chi connectivity index (χ3v) is 6.92. The maximum atomic E-state index is 13.2. The fraction of sp³-hybridized carbons (Fsp3) is 0.333. The number of hydrogen-bond acceptors (Lipinski definition) is 4. The van der Waals surface area contributed by atoms with Crippen LogP contribution in [0.5, 0.6) is 0 Å². The number of halogens is 1. The molecule has 0 aromatic heterocycles. The van der Waals surface area contributed by atoms with Crippen molar-refractivity contribution in [3.8, 4) is 0 Å². The molecule has 0 heterocycles. The van der Waals surface area contributed by atoms with E-state index in [1.807, 2.05) is 6.92 Å². The Bertz CT molecular complexity index is 834. The van der Waals surface area contributed by atoms with Crippen LogP contribution < -0.4 is 5.73 Å². The van der Waals surface area contributed by atoms with Gasteiger partial charge in [-0.3, -0.25) is 0 Å². The second-order valence-corrected chi connectivity index (χ2v) is 8.42. The van der Waals surface area contributed by atoms with Gasteiger partial charge in [-0.25, -0.2) is 12.8 Å². The Morgan fingerprint density at radius 3 is 2.25 bits per heavy atom. The van der Waals surface area contributed by atoms with Crippen molar-refractivity contribution in [2.45, 2.75) is 28.5 Å². The molecular weight excluding hydrogens is 329 g/mol. The molecule has 3 atom stereocenters. The zero-order valence-corrected chi connectivity index (χ0v) is 14.4. The monoisotopic (exact) mass is 349 g/mol. The summed E-state index contributed by atoms with van der Waals surface area (Å²) < 4.78 is 44.4. The number of sulfone groups is 1. The van der Waals surface area contributed by atoms with Gasteiger partial charge in [0.1, 0.15) is 5.82 Å². The molecule has 128 valence electrons. The summed E-state index contributed by atoms with van der Waals surface area (Å²) in [6.07, 6.45) is 0. The lowest BCUT2D eigenvalue weighted by atomic mass is 10.1. The van der Waals surface area contributed by atoms with E-state index in [0.29, 0.717) is 5.56 Å². The van der Waals surface area contributed by atoms with Crippen LogP contribution in [-0.2, 0) is 14.6 Å². The Kier molecular flexibility index (Phi) is 4.23. The van der Waals surface area contributed by atoms with E-state index >= 15 is 0 Å². The molecule has 0 bridgehead atoms. The molecule has 1 aliphatic rings. The van der Waals surface area contributed by atoms with Crippen molar-refractivity contribution in [2.75, 3.05) is 13.7 Å². The van der Waals surface area contributed by atoms with E-state index in [4.69, 9.17) is 10.5 Å². The van der Waals surface area contributed by atoms with Gasteiger partial charge in [0.15, 0.2) is 9.84 Å². The molecule has 0 aliphatic heterocycles. The standard InChI is InChI=1S/C18H20FNO3S/c1-12-3-9-15(10-4-12)24(21,22)17-16(18(17,20)11-23-2)13-5-7-14(19)8-6-13/h3-10,16-17H,11,20H2,1-2H3/t16-,17+,18+/m1/s1. The maximum absolute atomic E-state index is 13.2. The molecule has 0 saturated heterocycles. The summed E-state index contributed by atoms with van der Waals surface area (Å²) in [7, 11) is -2.13. The van der Waals surface area contributed by atoms with Crippen LogP contribution in [0.1, 0.15) is 17.0 Å². The maximum Gasteiger partial charge on any atom is 0.183 e. The predicted molar refractivity (Wildman–Crippen MR) is 90.1 cm³/mol. The van der Waals surface area contributed by atoms with E-state index in [2.05, 4.69) is 0 Å². The summed E-state index contributed by atoms with van der Waals surface area (Å²) in [5, 5.41) is -0.793. The average Bonchev–Trinajstić information content (AvgIpc) is 3.15. The third-order valence-electron chi connectivity index (χ3n) is 4.61. The number of nitrogens with two attached hydrogens (primary N) is 1. The van der Waals surface area contributed by atoms with Crippen LogP contribution in [0.25, 0.3) is 0 Å². The summed E-state index contributed by atoms with van der Waals surface area (Å²) in [5.41, 5.74) is 7.04. The molecule has 0 spiro atoms. The van der Waals surface area contributed by atoms with Crippen molar-refractivity contribution in [1.29, 1.82) is 0 Å². The number of ether oxygens (including phenoxy) is 1. The minimum Gasteiger partial charge on any atom is -0.383 e. The molecule has 3 rings (SSSR count). The van der Waals surface area contributed by atoms with Crippen molar-refractivity contribution in [3.63, 3.8) is 0 Å². The van der Waals surface area contributed by atoms with Crippen LogP contribution in [-0.4, -0.2) is 32.9 Å². The minimum atomic E-state index is -3.62. The van der Waals surface area contributed by atoms with Gasteiger partial charge in [-0.15, -0.1) is 0 Å². The van der Waals surface area contributed by atoms with Crippen LogP contribution in [0.3, 0.4) is 0 Å². The number of rotatable bonds is 5. The summed E-state index contributed by atoms with van der Waals surface area (Å²) in [5.74, 6) is -0.795. The fourth-order valence-electron chi connectivity index (χ4n) is 3.34. The van der Waals surface area contributed by atoms with Gasteiger partial charge in [-0.1, -0.05) is 29.8 Å². The Morgan fingerprint density at radius 1 is 1.12 bits per heavy atom. The van der Waals surface area contributed by atoms with Gasteiger partial charge in [0.05, 0.1) is 22.3 Å². The van der Waals surface area contributed by atoms with Gasteiger partial charge < -0.3 is 10.5 Å². The molecule has 2 aromatic carbocycles. The SMILES string of the molecule is COC[C@]1(N)[C@H](c2ccc(F)cc2)[C@@H]1S(=O)(=O)c1ccc(C)cc1. The normalized spacial score (nSPS) is 26.3. The highest BCUT2D eigenvalue weighted by molar-refractivity contribution is 7.92. The third kappa shape index (κ3) is 2.75. The van der Waals surface area contributed by atoms with E-state index in [1.165, 1.54) is 19.2 Å². The molecule has 1 aliphatic carbocycles. The minimum absolute atomic E-state index is 0.116. The number of benzene rings is 2. The molecule has 0 unspecified atom stereocenters. The van der Waals surface area contributed by atoms with Crippen molar-refractivity contribution in [1.82, 2.24) is 0 Å². The summed E-state index contributed by atoms with van der Waals surface area (Å²) >= 11 is 0. The highest BCUT2D eigenvalue weighted by Crippen LogP contribution is 2.55. The lowest BCUT2D eigenvalue weighted by molar-refractivity contribution is 0.171. The summed E-state index contributed by atoms with van der Waals surface area (Å²) in [6, 6.07) is 12.5. The molecule has 4 nitrogen and oxygen atoms in total. The lowest BCUT2D eigenvalue weighted by Gasteiger charge is -2.11. The largest absolute Gasteiger partial charge is 0.383 e. The van der Waals surface area contributed by atoms with Gasteiger partial charge in [0, 0.05) is 13.0 Å². The molecule has 0 amide bonds. The first-order valence-electron chi connectivity index (χ1n) is 7.64. The first-order chi connectivity index (χ1) is 11.3. The van der Waals surface area contributed by atoms with E-state index in [0.717, 1.165) is 5.56 Å². The fourth-order valence-corrected chi connectivity index (χ4v) is 5.63. The zero-order chi connectivity index (χ0) is 17.5. The molecule has 2 N–H and O–H groups in total. The molecule has 24 heavy (non-hydrogen) atoms. The highest BCUT2D eigenvalue weighted by Gasteiger charge is 2.69. The Balaban J connectivity index is 2.01. The van der Waals surface area contributed by atoms with Crippen LogP contribution in [0, 0.1) is 12.7 Å². The van der Waals surface area contributed by atoms with Crippen molar-refractivity contribution in [3.05, 3.63) is 65.5 Å². The predicted octanol–water partition coefficient (Wildman–Crippen LogP) is 2.42. The van der Waals surface area contributed by atoms with Crippen LogP contribution in [0.15, 0.2) is 53.4 Å². The van der Waals surface area contributed by atoms with Gasteiger partial charge in [0.2, 0.25) is 0 Å². The van der Waals surface area contributed by atoms with Gasteiger partial charge >= 0.3 is 0 Å². The quantitative estimate of drug-likeness (QED) is 0.900. The number of methoxy groups -OCH3 is 1. The highest BCUT2D eigenvalue weighted by atomic mass is 32.2. The molecule has 1 saturated carbocycles. The molecular formula is C18H20FNO3S. The van der Waals surface area contributed by atoms with Crippen LogP contribution in [0.2, 0.25) is 0 Å². The van der Waals surface area contributed by atoms with Crippen molar-refractivity contribution >= 4 is 9.84 Å². The van der Waals surface area contributed by atoms with E-state index < -0.39 is 26.5 Å². The van der Waals surface area contributed by atoms with E-state index in [-0.39, 0.29) is 17.3 Å². The van der Waals surface area contributed by atoms with Crippen molar-refractivity contribution in [2.24, 2.45) is 5.73 Å². The van der Waals surface area contributed by atoms with Crippen LogP contribution >= 0.6 is 0 Å². The Morgan fingerprint density at radius 2 is 1.71 bits per heavy atom. The van der Waals surface area contributed by atoms with Crippen molar-refractivity contribution < 1.29 is 17.5 Å². The average molecular weight is 349 g/mol. The Hall–Kier alpha value is -1.76. The van der Waals surface area contributed by atoms with Gasteiger partial charge in [-0.2, -0.15) is 0 Å². The van der Waals surface area contributed by atoms with Gasteiger partial charge in [0.25, 0.3) is 0 Å². The first kappa shape index (κ1) is 17.1. The summed E-state index contributed by atoms with van der Waals surface area (Å²) in [4.78, 5) is 0.244. The molecule has 0 radical (unpaired) electrons. The zero-order valence-electron chi connectivity index (χ0n) is 13.6. The second-order valence-electron chi connectivity index (χ2n) is 6.35. The number of aryl methyl sites for hydroxylation is 1. The topological polar surface area (TPSA) is 69.4 Å². The molecule has 1 fully saturated rings. The van der Waals surface area contributed by atoms with Gasteiger partial charge in [-0.05, 0) is 36.8 Å². The molecule has 2 aromatic rings. The van der Waals surface area contributed by atoms with Crippen LogP contribution in [0.4, 0.5) is 4.39 Å². The number of hydrogen-bond donors (Lipinski definition) is 1. The smallest absolute Gasteiger partial charge is 0.183 e. The summed E-state index contributed by atoms with van der Waals surface area (Å²) in [6.45, 7) is 2.01.